The maximum atomic E-state index is 13.2. The van der Waals surface area contributed by atoms with Crippen molar-refractivity contribution in [3.05, 3.63) is 35.1 Å². The van der Waals surface area contributed by atoms with E-state index in [-0.39, 0.29) is 0 Å². The SMILES string of the molecule is CC(C)C(O)C(=O)c1ccc(F)c(F)c1F. The van der Waals surface area contributed by atoms with Gasteiger partial charge in [0.2, 0.25) is 0 Å². The van der Waals surface area contributed by atoms with Crippen molar-refractivity contribution in [1.82, 2.24) is 0 Å². The third-order valence-corrected chi connectivity index (χ3v) is 2.20. The van der Waals surface area contributed by atoms with Crippen molar-refractivity contribution in [3.8, 4) is 0 Å². The second-order valence-corrected chi connectivity index (χ2v) is 3.78. The summed E-state index contributed by atoms with van der Waals surface area (Å²) in [5.41, 5.74) is -0.639. The fourth-order valence-corrected chi connectivity index (χ4v) is 1.18. The van der Waals surface area contributed by atoms with E-state index in [2.05, 4.69) is 0 Å². The smallest absolute Gasteiger partial charge is 0.195 e. The number of hydrogen-bond donors (Lipinski definition) is 1. The molecule has 0 amide bonds. The lowest BCUT2D eigenvalue weighted by Crippen LogP contribution is -2.27. The normalized spacial score (nSPS) is 12.9. The van der Waals surface area contributed by atoms with Gasteiger partial charge in [0, 0.05) is 0 Å². The van der Waals surface area contributed by atoms with Crippen LogP contribution in [0.3, 0.4) is 0 Å². The van der Waals surface area contributed by atoms with Gasteiger partial charge in [0.15, 0.2) is 23.2 Å². The fraction of sp³-hybridized carbons (Fsp3) is 0.364. The molecule has 2 nitrogen and oxygen atoms in total. The standard InChI is InChI=1S/C11H11F3O2/c1-5(2)10(15)11(16)6-3-4-7(12)9(14)8(6)13/h3-5,10,15H,1-2H3. The molecule has 0 bridgehead atoms. The van der Waals surface area contributed by atoms with Gasteiger partial charge >= 0.3 is 0 Å². The molecule has 88 valence electrons. The van der Waals surface area contributed by atoms with E-state index < -0.39 is 40.8 Å². The van der Waals surface area contributed by atoms with E-state index in [0.717, 1.165) is 6.07 Å². The maximum Gasteiger partial charge on any atom is 0.195 e. The van der Waals surface area contributed by atoms with Crippen molar-refractivity contribution in [1.29, 1.82) is 0 Å². The van der Waals surface area contributed by atoms with Crippen LogP contribution in [-0.2, 0) is 0 Å². The van der Waals surface area contributed by atoms with Crippen LogP contribution >= 0.6 is 0 Å². The monoisotopic (exact) mass is 232 g/mol. The van der Waals surface area contributed by atoms with Crippen LogP contribution in [0.5, 0.6) is 0 Å². The summed E-state index contributed by atoms with van der Waals surface area (Å²) in [6, 6.07) is 1.47. The Balaban J connectivity index is 3.15. The van der Waals surface area contributed by atoms with E-state index in [1.165, 1.54) is 0 Å². The number of halogens is 3. The molecule has 0 aliphatic heterocycles. The molecule has 0 saturated heterocycles. The number of carbonyl (C=O) groups is 1. The third-order valence-electron chi connectivity index (χ3n) is 2.20. The Bertz CT molecular complexity index is 416. The zero-order chi connectivity index (χ0) is 12.5. The molecule has 0 aliphatic carbocycles. The van der Waals surface area contributed by atoms with Crippen molar-refractivity contribution in [2.24, 2.45) is 5.92 Å². The third kappa shape index (κ3) is 2.24. The first-order valence-electron chi connectivity index (χ1n) is 4.72. The Morgan fingerprint density at radius 2 is 1.75 bits per heavy atom. The van der Waals surface area contributed by atoms with E-state index in [9.17, 15) is 23.1 Å². The highest BCUT2D eigenvalue weighted by Gasteiger charge is 2.25. The molecule has 1 unspecified atom stereocenters. The largest absolute Gasteiger partial charge is 0.385 e. The van der Waals surface area contributed by atoms with Gasteiger partial charge in [-0.3, -0.25) is 4.79 Å². The fourth-order valence-electron chi connectivity index (χ4n) is 1.18. The molecule has 0 aromatic heterocycles. The Labute approximate surface area is 90.7 Å². The van der Waals surface area contributed by atoms with Gasteiger partial charge in [0.1, 0.15) is 6.10 Å². The number of hydrogen-bond acceptors (Lipinski definition) is 2. The summed E-state index contributed by atoms with van der Waals surface area (Å²) in [7, 11) is 0. The van der Waals surface area contributed by atoms with Crippen molar-refractivity contribution < 1.29 is 23.1 Å². The van der Waals surface area contributed by atoms with Gasteiger partial charge < -0.3 is 5.11 Å². The van der Waals surface area contributed by atoms with Crippen molar-refractivity contribution >= 4 is 5.78 Å². The first kappa shape index (κ1) is 12.7. The summed E-state index contributed by atoms with van der Waals surface area (Å²) in [4.78, 5) is 11.5. The van der Waals surface area contributed by atoms with Crippen molar-refractivity contribution in [2.45, 2.75) is 20.0 Å². The lowest BCUT2D eigenvalue weighted by Gasteiger charge is -2.13. The average molecular weight is 232 g/mol. The molecular weight excluding hydrogens is 221 g/mol. The van der Waals surface area contributed by atoms with Gasteiger partial charge in [0.05, 0.1) is 5.56 Å². The van der Waals surface area contributed by atoms with Crippen LogP contribution in [0.15, 0.2) is 12.1 Å². The van der Waals surface area contributed by atoms with Gasteiger partial charge in [-0.25, -0.2) is 13.2 Å². The number of aliphatic hydroxyl groups excluding tert-OH is 1. The average Bonchev–Trinajstić information content (AvgIpc) is 2.24. The van der Waals surface area contributed by atoms with Crippen LogP contribution in [0.1, 0.15) is 24.2 Å². The minimum atomic E-state index is -1.71. The Morgan fingerprint density at radius 1 is 1.19 bits per heavy atom. The lowest BCUT2D eigenvalue weighted by atomic mass is 9.97. The molecule has 1 atom stereocenters. The number of Topliss-reactive ketones (excluding diaryl/α,β-unsaturated/α-hetero) is 1. The van der Waals surface area contributed by atoms with Crippen LogP contribution in [0.25, 0.3) is 0 Å². The number of rotatable bonds is 3. The lowest BCUT2D eigenvalue weighted by molar-refractivity contribution is 0.0642. The number of aliphatic hydroxyl groups is 1. The number of benzene rings is 1. The highest BCUT2D eigenvalue weighted by Crippen LogP contribution is 2.18. The first-order chi connectivity index (χ1) is 7.36. The molecule has 0 spiro atoms. The summed E-state index contributed by atoms with van der Waals surface area (Å²) < 4.78 is 38.6. The van der Waals surface area contributed by atoms with Crippen LogP contribution < -0.4 is 0 Å². The van der Waals surface area contributed by atoms with Gasteiger partial charge in [-0.15, -0.1) is 0 Å². The highest BCUT2D eigenvalue weighted by atomic mass is 19.2. The molecule has 0 saturated carbocycles. The number of carbonyl (C=O) groups excluding carboxylic acids is 1. The molecule has 1 rings (SSSR count). The summed E-state index contributed by atoms with van der Waals surface area (Å²) in [6.07, 6.45) is -1.43. The number of ketones is 1. The first-order valence-corrected chi connectivity index (χ1v) is 4.72. The molecule has 5 heteroatoms. The van der Waals surface area contributed by atoms with Gasteiger partial charge in [-0.2, -0.15) is 0 Å². The van der Waals surface area contributed by atoms with Gasteiger partial charge in [-0.05, 0) is 18.1 Å². The molecular formula is C11H11F3O2. The zero-order valence-electron chi connectivity index (χ0n) is 8.80. The van der Waals surface area contributed by atoms with E-state index >= 15 is 0 Å². The minimum absolute atomic E-state index is 0.431. The van der Waals surface area contributed by atoms with Crippen LogP contribution in [-0.4, -0.2) is 17.0 Å². The topological polar surface area (TPSA) is 37.3 Å². The van der Waals surface area contributed by atoms with Crippen LogP contribution in [0.2, 0.25) is 0 Å². The predicted octanol–water partition coefficient (Wildman–Crippen LogP) is 2.30. The molecule has 1 N–H and O–H groups in total. The van der Waals surface area contributed by atoms with Crippen LogP contribution in [0, 0.1) is 23.4 Å². The summed E-state index contributed by atoms with van der Waals surface area (Å²) >= 11 is 0. The zero-order valence-corrected chi connectivity index (χ0v) is 8.80. The maximum absolute atomic E-state index is 13.2. The summed E-state index contributed by atoms with van der Waals surface area (Å²) in [5, 5.41) is 9.40. The molecule has 1 aromatic rings. The Hall–Kier alpha value is -1.36. The quantitative estimate of drug-likeness (QED) is 0.641. The molecule has 1 aromatic carbocycles. The summed E-state index contributed by atoms with van der Waals surface area (Å²) in [5.74, 6) is -6.02. The predicted molar refractivity (Wildman–Crippen MR) is 51.5 cm³/mol. The molecule has 0 radical (unpaired) electrons. The van der Waals surface area contributed by atoms with E-state index in [1.807, 2.05) is 0 Å². The van der Waals surface area contributed by atoms with Gasteiger partial charge in [-0.1, -0.05) is 13.8 Å². The van der Waals surface area contributed by atoms with Crippen molar-refractivity contribution in [3.63, 3.8) is 0 Å². The van der Waals surface area contributed by atoms with Gasteiger partial charge in [0.25, 0.3) is 0 Å². The molecule has 0 heterocycles. The van der Waals surface area contributed by atoms with E-state index in [0.29, 0.717) is 6.07 Å². The minimum Gasteiger partial charge on any atom is -0.385 e. The second-order valence-electron chi connectivity index (χ2n) is 3.78. The molecule has 0 aliphatic rings. The van der Waals surface area contributed by atoms with E-state index in [4.69, 9.17) is 0 Å². The Morgan fingerprint density at radius 3 is 2.25 bits per heavy atom. The second kappa shape index (κ2) is 4.65. The molecule has 0 fully saturated rings. The van der Waals surface area contributed by atoms with E-state index in [1.54, 1.807) is 13.8 Å². The Kier molecular flexibility index (Phi) is 3.70. The summed E-state index contributed by atoms with van der Waals surface area (Å²) in [6.45, 7) is 3.11. The molecule has 16 heavy (non-hydrogen) atoms. The van der Waals surface area contributed by atoms with Crippen molar-refractivity contribution in [2.75, 3.05) is 0 Å². The van der Waals surface area contributed by atoms with Crippen LogP contribution in [0.4, 0.5) is 13.2 Å². The highest BCUT2D eigenvalue weighted by molar-refractivity contribution is 5.99.